The Bertz CT molecular complexity index is 474. The molecule has 0 rings (SSSR count). The smallest absolute Gasteiger partial charge is 0.0414 e. The van der Waals surface area contributed by atoms with Gasteiger partial charge in [-0.05, 0) is 62.1 Å². The maximum absolute atomic E-state index is 10.1. The van der Waals surface area contributed by atoms with Crippen LogP contribution in [0, 0.1) is 0 Å². The van der Waals surface area contributed by atoms with Crippen LogP contribution >= 0.6 is 24.4 Å². The predicted molar refractivity (Wildman–Crippen MR) is 175 cm³/mol. The summed E-state index contributed by atoms with van der Waals surface area (Å²) in [6.07, 6.45) is 26.8. The predicted octanol–water partition coefficient (Wildman–Crippen LogP) is 8.40. The number of thiocarbonyl (C=S) groups is 2. The van der Waals surface area contributed by atoms with Crippen LogP contribution in [0.3, 0.4) is 0 Å². The Kier molecular flexibility index (Phi) is 47.1. The van der Waals surface area contributed by atoms with Crippen molar-refractivity contribution in [2.75, 3.05) is 0 Å². The van der Waals surface area contributed by atoms with Crippen molar-refractivity contribution in [1.82, 2.24) is 0 Å². The molecule has 0 atom stereocenters. The third-order valence-electron chi connectivity index (χ3n) is 6.32. The topological polar surface area (TPSA) is 80.3 Å². The van der Waals surface area contributed by atoms with Crippen molar-refractivity contribution in [2.24, 2.45) is 0 Å². The number of rotatable bonds is 28. The Morgan fingerprint density at radius 3 is 1.05 bits per heavy atom. The number of carbonyl (C=O) groups is 2. The number of carboxylic acid groups (broad SMARTS) is 2. The molecule has 0 heterocycles. The molecule has 0 N–H and O–H groups in total. The number of carboxylic acids is 2. The third-order valence-corrected chi connectivity index (χ3v) is 10.8. The first-order valence-corrected chi connectivity index (χ1v) is 20.9. The molecule has 0 aliphatic heterocycles. The Hall–Kier alpha value is -0.0813. The van der Waals surface area contributed by atoms with E-state index in [0.717, 1.165) is 51.4 Å². The normalized spacial score (nSPS) is 9.90. The summed E-state index contributed by atoms with van der Waals surface area (Å²) in [5.74, 6) is -1.84. The van der Waals surface area contributed by atoms with Gasteiger partial charge in [0.1, 0.15) is 0 Å². The minimum atomic E-state index is -0.921. The van der Waals surface area contributed by atoms with Crippen LogP contribution in [-0.2, 0) is 9.59 Å². The zero-order valence-corrected chi connectivity index (χ0v) is 30.0. The van der Waals surface area contributed by atoms with Gasteiger partial charge in [0.05, 0.1) is 0 Å². The molecule has 7 heteroatoms. The van der Waals surface area contributed by atoms with Crippen LogP contribution in [0.1, 0.15) is 168 Å². The van der Waals surface area contributed by atoms with Crippen molar-refractivity contribution in [3.05, 3.63) is 0 Å². The molecule has 0 spiro atoms. The van der Waals surface area contributed by atoms with Crippen LogP contribution in [0.2, 0.25) is 8.87 Å². The van der Waals surface area contributed by atoms with Crippen molar-refractivity contribution in [3.8, 4) is 0 Å². The van der Waals surface area contributed by atoms with Crippen LogP contribution in [0.25, 0.3) is 0 Å². The van der Waals surface area contributed by atoms with E-state index in [4.69, 9.17) is 24.4 Å². The summed E-state index contributed by atoms with van der Waals surface area (Å²) in [7, 11) is 0. The summed E-state index contributed by atoms with van der Waals surface area (Å²) in [6.45, 7) is 4.58. The molecule has 0 aliphatic rings. The number of hydrogen-bond donors (Lipinski definition) is 0. The van der Waals surface area contributed by atoms with E-state index in [1.165, 1.54) is 89.9 Å². The van der Waals surface area contributed by atoms with Gasteiger partial charge in [0.15, 0.2) is 0 Å². The van der Waals surface area contributed by atoms with Crippen LogP contribution < -0.4 is 10.2 Å². The second-order valence-electron chi connectivity index (χ2n) is 10.3. The Morgan fingerprint density at radius 2 is 0.795 bits per heavy atom. The molecule has 0 saturated heterocycles. The number of aliphatic carboxylic acids is 2. The quantitative estimate of drug-likeness (QED) is 0.0466. The van der Waals surface area contributed by atoms with Gasteiger partial charge < -0.3 is 19.8 Å². The fraction of sp³-hybridized carbons (Fsp3) is 0.875. The average Bonchev–Trinajstić information content (AvgIpc) is 2.91. The molecule has 39 heavy (non-hydrogen) atoms. The molecule has 0 aromatic rings. The molecule has 0 amide bonds. The summed E-state index contributed by atoms with van der Waals surface area (Å²) < 4.78 is 3.25. The second kappa shape index (κ2) is 42.4. The van der Waals surface area contributed by atoms with Gasteiger partial charge in [-0.15, -0.1) is 0 Å². The van der Waals surface area contributed by atoms with E-state index in [1.54, 1.807) is 19.6 Å². The van der Waals surface area contributed by atoms with Gasteiger partial charge in [0.2, 0.25) is 0 Å². The van der Waals surface area contributed by atoms with Crippen LogP contribution in [0.15, 0.2) is 0 Å². The monoisotopic (exact) mass is 692 g/mol. The summed E-state index contributed by atoms with van der Waals surface area (Å²) in [4.78, 5) is 20.2. The van der Waals surface area contributed by atoms with E-state index >= 15 is 0 Å². The molecule has 0 radical (unpaired) electrons. The van der Waals surface area contributed by atoms with E-state index in [-0.39, 0.29) is 34.0 Å². The van der Waals surface area contributed by atoms with Crippen molar-refractivity contribution in [2.45, 2.75) is 177 Å². The van der Waals surface area contributed by atoms with Crippen molar-refractivity contribution in [1.29, 1.82) is 0 Å². The second-order valence-corrected chi connectivity index (χ2v) is 15.2. The molecule has 228 valence electrons. The van der Waals surface area contributed by atoms with Crippen LogP contribution in [0.5, 0.6) is 0 Å². The molecule has 0 fully saturated rings. The summed E-state index contributed by atoms with van der Waals surface area (Å²) in [5, 5.41) is 23.8. The molecule has 0 bridgehead atoms. The first-order valence-electron chi connectivity index (χ1n) is 15.9. The molecule has 4 nitrogen and oxygen atoms in total. The van der Waals surface area contributed by atoms with E-state index in [0.29, 0.717) is 0 Å². The number of hydrogen-bond acceptors (Lipinski definition) is 6. The van der Waals surface area contributed by atoms with Gasteiger partial charge in [-0.25, -0.2) is 0 Å². The van der Waals surface area contributed by atoms with Gasteiger partial charge in [-0.3, -0.25) is 0 Å². The zero-order chi connectivity index (χ0) is 29.7. The molecule has 0 unspecified atom stereocenters. The first kappa shape index (κ1) is 43.4. The van der Waals surface area contributed by atoms with Gasteiger partial charge >= 0.3 is 69.5 Å². The van der Waals surface area contributed by atoms with Gasteiger partial charge in [-0.2, -0.15) is 0 Å². The number of carbonyl (C=O) groups excluding carboxylic acids is 2. The van der Waals surface area contributed by atoms with Crippen molar-refractivity contribution < 1.29 is 19.8 Å². The maximum Gasteiger partial charge on any atom is 0.0414 e. The molecule has 0 aromatic carbocycles. The summed E-state index contributed by atoms with van der Waals surface area (Å²) in [5.41, 5.74) is 0. The minimum absolute atomic E-state index is 0.149. The molecular formula is C32H60O4S2Sn. The fourth-order valence-corrected chi connectivity index (χ4v) is 8.34. The summed E-state index contributed by atoms with van der Waals surface area (Å²) >= 11 is 9.64. The van der Waals surface area contributed by atoms with Crippen molar-refractivity contribution in [3.63, 3.8) is 0 Å². The minimum Gasteiger partial charge on any atom is -0.550 e. The average molecular weight is 692 g/mol. The largest absolute Gasteiger partial charge is 0.550 e. The van der Waals surface area contributed by atoms with E-state index in [2.05, 4.69) is 13.8 Å². The van der Waals surface area contributed by atoms with Crippen molar-refractivity contribution >= 4 is 68.3 Å². The van der Waals surface area contributed by atoms with E-state index in [1.807, 2.05) is 0 Å². The molecule has 0 aliphatic carbocycles. The Labute approximate surface area is 263 Å². The van der Waals surface area contributed by atoms with Gasteiger partial charge in [-0.1, -0.05) is 101 Å². The first-order chi connectivity index (χ1) is 19.0. The summed E-state index contributed by atoms with van der Waals surface area (Å²) in [6, 6.07) is 0. The maximum atomic E-state index is 10.1. The molecule has 0 aromatic heterocycles. The fourth-order valence-electron chi connectivity index (χ4n) is 3.84. The third kappa shape index (κ3) is 54.7. The van der Waals surface area contributed by atoms with Crippen LogP contribution in [-0.4, -0.2) is 43.8 Å². The van der Waals surface area contributed by atoms with Gasteiger partial charge in [0.25, 0.3) is 0 Å². The van der Waals surface area contributed by atoms with E-state index < -0.39 is 11.9 Å². The van der Waals surface area contributed by atoms with E-state index in [9.17, 15) is 19.8 Å². The molecular weight excluding hydrogens is 631 g/mol. The SMILES string of the molecule is CCC[CH2][Sn+2][CH2]CCC.O=C([O-])CCCCCCCCCCC=S.O=C([O-])CCCCCCCCCCC=S. The zero-order valence-electron chi connectivity index (χ0n) is 25.5. The molecule has 0 saturated carbocycles. The van der Waals surface area contributed by atoms with Crippen LogP contribution in [0.4, 0.5) is 0 Å². The standard InChI is InChI=1S/2C12H22O2S.2C4H9.Sn/c2*13-12(14)10-8-6-4-2-1-3-5-7-9-11-15;2*1-3-4-2;/h2*11H,1-10H2,(H,13,14);2*1,3-4H2,2H3;/q;;;;+2/p-2. The Morgan fingerprint density at radius 1 is 0.513 bits per heavy atom. The number of unbranched alkanes of at least 4 members (excludes halogenated alkanes) is 18. The Balaban J connectivity index is -0.000000516. The van der Waals surface area contributed by atoms with Gasteiger partial charge in [0, 0.05) is 11.9 Å².